The number of aliphatic carboxylic acids is 1. The van der Waals surface area contributed by atoms with Gasteiger partial charge in [-0.25, -0.2) is 0 Å². The molecule has 1 aliphatic heterocycles. The summed E-state index contributed by atoms with van der Waals surface area (Å²) >= 11 is 5.99. The molecule has 0 amide bonds. The van der Waals surface area contributed by atoms with Gasteiger partial charge >= 0.3 is 5.97 Å². The number of carboxylic acids is 1. The first-order valence-electron chi connectivity index (χ1n) is 5.87. The monoisotopic (exact) mass is 269 g/mol. The van der Waals surface area contributed by atoms with Crippen LogP contribution in [0.2, 0.25) is 5.02 Å². The van der Waals surface area contributed by atoms with Crippen molar-refractivity contribution in [3.8, 4) is 0 Å². The molecule has 0 bridgehead atoms. The molecule has 2 atom stereocenters. The lowest BCUT2D eigenvalue weighted by Gasteiger charge is -2.37. The van der Waals surface area contributed by atoms with E-state index in [2.05, 4.69) is 0 Å². The lowest BCUT2D eigenvalue weighted by Crippen LogP contribution is -2.44. The molecular weight excluding hydrogens is 254 g/mol. The van der Waals surface area contributed by atoms with Crippen LogP contribution in [0.5, 0.6) is 0 Å². The van der Waals surface area contributed by atoms with Crippen molar-refractivity contribution in [2.24, 2.45) is 0 Å². The summed E-state index contributed by atoms with van der Waals surface area (Å²) in [6.45, 7) is 2.29. The third-order valence-corrected chi connectivity index (χ3v) is 3.87. The molecule has 0 aliphatic carbocycles. The molecule has 1 heterocycles. The van der Waals surface area contributed by atoms with Gasteiger partial charge in [-0.05, 0) is 31.4 Å². The van der Waals surface area contributed by atoms with Gasteiger partial charge in [0.1, 0.15) is 0 Å². The number of hydrogen-bond donors (Lipinski definition) is 2. The van der Waals surface area contributed by atoms with Gasteiger partial charge in [0, 0.05) is 6.61 Å². The smallest absolute Gasteiger partial charge is 0.314 e. The van der Waals surface area contributed by atoms with Crippen LogP contribution < -0.4 is 5.73 Å². The number of nitrogen functional groups attached to an aromatic ring is 1. The summed E-state index contributed by atoms with van der Waals surface area (Å²) in [6.07, 6.45) is 0.720. The highest BCUT2D eigenvalue weighted by Gasteiger charge is 2.45. The number of nitrogens with two attached hydrogens (primary N) is 1. The van der Waals surface area contributed by atoms with Gasteiger partial charge in [-0.15, -0.1) is 0 Å². The van der Waals surface area contributed by atoms with E-state index in [1.807, 2.05) is 6.92 Å². The number of hydrogen-bond acceptors (Lipinski definition) is 3. The van der Waals surface area contributed by atoms with Crippen LogP contribution in [0.3, 0.4) is 0 Å². The molecule has 0 aromatic heterocycles. The maximum atomic E-state index is 11.7. The molecule has 0 spiro atoms. The van der Waals surface area contributed by atoms with Gasteiger partial charge in [0.25, 0.3) is 0 Å². The zero-order valence-electron chi connectivity index (χ0n) is 10.1. The van der Waals surface area contributed by atoms with Crippen molar-refractivity contribution in [2.45, 2.75) is 31.3 Å². The van der Waals surface area contributed by atoms with Gasteiger partial charge in [-0.3, -0.25) is 4.79 Å². The minimum Gasteiger partial charge on any atom is -0.481 e. The zero-order chi connectivity index (χ0) is 13.3. The summed E-state index contributed by atoms with van der Waals surface area (Å²) in [4.78, 5) is 11.7. The highest BCUT2D eigenvalue weighted by Crippen LogP contribution is 2.42. The van der Waals surface area contributed by atoms with Crippen LogP contribution in [0.1, 0.15) is 25.3 Å². The highest BCUT2D eigenvalue weighted by atomic mass is 35.5. The Hall–Kier alpha value is -1.26. The fraction of sp³-hybridized carbons (Fsp3) is 0.462. The van der Waals surface area contributed by atoms with Gasteiger partial charge in [0.05, 0.1) is 22.2 Å². The summed E-state index contributed by atoms with van der Waals surface area (Å²) in [5, 5.41) is 10.0. The molecule has 4 nitrogen and oxygen atoms in total. The molecule has 1 aromatic carbocycles. The third kappa shape index (κ3) is 2.06. The molecule has 1 saturated heterocycles. The molecule has 18 heavy (non-hydrogen) atoms. The van der Waals surface area contributed by atoms with Gasteiger partial charge in [0.15, 0.2) is 0 Å². The van der Waals surface area contributed by atoms with E-state index < -0.39 is 11.4 Å². The molecule has 1 aliphatic rings. The van der Waals surface area contributed by atoms with E-state index in [1.165, 1.54) is 0 Å². The van der Waals surface area contributed by atoms with Crippen molar-refractivity contribution in [2.75, 3.05) is 12.3 Å². The molecule has 2 rings (SSSR count). The first kappa shape index (κ1) is 13.2. The summed E-state index contributed by atoms with van der Waals surface area (Å²) in [6, 6.07) is 5.14. The number of anilines is 1. The number of halogens is 1. The third-order valence-electron chi connectivity index (χ3n) is 3.54. The number of ether oxygens (including phenoxy) is 1. The molecule has 98 valence electrons. The number of benzene rings is 1. The molecule has 0 saturated carbocycles. The molecule has 1 aromatic rings. The molecule has 5 heteroatoms. The Morgan fingerprint density at radius 1 is 1.61 bits per heavy atom. The average molecular weight is 270 g/mol. The summed E-state index contributed by atoms with van der Waals surface area (Å²) in [5.74, 6) is -0.869. The Bertz CT molecular complexity index is 477. The van der Waals surface area contributed by atoms with E-state index >= 15 is 0 Å². The molecule has 0 radical (unpaired) electrons. The van der Waals surface area contributed by atoms with Gasteiger partial charge in [-0.1, -0.05) is 23.7 Å². The van der Waals surface area contributed by atoms with Crippen molar-refractivity contribution < 1.29 is 14.6 Å². The number of rotatable bonds is 2. The van der Waals surface area contributed by atoms with Crippen LogP contribution >= 0.6 is 11.6 Å². The Morgan fingerprint density at radius 2 is 2.33 bits per heavy atom. The van der Waals surface area contributed by atoms with Gasteiger partial charge in [0.2, 0.25) is 0 Å². The lowest BCUT2D eigenvalue weighted by atomic mass is 9.72. The predicted octanol–water partition coefficient (Wildman–Crippen LogP) is 2.44. The first-order chi connectivity index (χ1) is 8.47. The second-order valence-corrected chi connectivity index (χ2v) is 5.13. The topological polar surface area (TPSA) is 72.5 Å². The maximum absolute atomic E-state index is 11.7. The van der Waals surface area contributed by atoms with E-state index in [4.69, 9.17) is 22.1 Å². The zero-order valence-corrected chi connectivity index (χ0v) is 10.9. The Balaban J connectivity index is 2.54. The van der Waals surface area contributed by atoms with Crippen LogP contribution in [0.15, 0.2) is 18.2 Å². The quantitative estimate of drug-likeness (QED) is 0.809. The minimum absolute atomic E-state index is 0.103. The Morgan fingerprint density at radius 3 is 2.94 bits per heavy atom. The normalized spacial score (nSPS) is 28.0. The number of para-hydroxylation sites is 1. The van der Waals surface area contributed by atoms with Crippen LogP contribution in [-0.2, 0) is 14.9 Å². The van der Waals surface area contributed by atoms with Crippen molar-refractivity contribution in [3.63, 3.8) is 0 Å². The minimum atomic E-state index is -0.993. The van der Waals surface area contributed by atoms with Crippen molar-refractivity contribution in [1.29, 1.82) is 0 Å². The predicted molar refractivity (Wildman–Crippen MR) is 69.8 cm³/mol. The number of carboxylic acid groups (broad SMARTS) is 1. The van der Waals surface area contributed by atoms with Crippen molar-refractivity contribution in [1.82, 2.24) is 0 Å². The molecule has 1 fully saturated rings. The second-order valence-electron chi connectivity index (χ2n) is 4.72. The SMILES string of the molecule is CC1CC(C(=O)O)(c2cccc(Cl)c2N)CCO1. The van der Waals surface area contributed by atoms with Gasteiger partial charge < -0.3 is 15.6 Å². The maximum Gasteiger partial charge on any atom is 0.314 e. The van der Waals surface area contributed by atoms with E-state index in [0.29, 0.717) is 35.7 Å². The Kier molecular flexibility index (Phi) is 3.50. The van der Waals surface area contributed by atoms with Crippen LogP contribution in [0.4, 0.5) is 5.69 Å². The first-order valence-corrected chi connectivity index (χ1v) is 6.24. The van der Waals surface area contributed by atoms with E-state index in [9.17, 15) is 9.90 Å². The van der Waals surface area contributed by atoms with Crippen LogP contribution in [0, 0.1) is 0 Å². The fourth-order valence-electron chi connectivity index (χ4n) is 2.59. The van der Waals surface area contributed by atoms with Crippen LogP contribution in [0.25, 0.3) is 0 Å². The summed E-state index contributed by atoms with van der Waals surface area (Å²) in [7, 11) is 0. The standard InChI is InChI=1S/C13H16ClNO3/c1-8-7-13(12(16)17,5-6-18-8)9-3-2-4-10(14)11(9)15/h2-4,8H,5-7,15H2,1H3,(H,16,17). The molecular formula is C13H16ClNO3. The van der Waals surface area contributed by atoms with E-state index in [0.717, 1.165) is 0 Å². The van der Waals surface area contributed by atoms with E-state index in [-0.39, 0.29) is 6.10 Å². The Labute approximate surface area is 111 Å². The highest BCUT2D eigenvalue weighted by molar-refractivity contribution is 6.33. The fourth-order valence-corrected chi connectivity index (χ4v) is 2.77. The second kappa shape index (κ2) is 4.78. The average Bonchev–Trinajstić information content (AvgIpc) is 2.32. The van der Waals surface area contributed by atoms with Gasteiger partial charge in [-0.2, -0.15) is 0 Å². The summed E-state index contributed by atoms with van der Waals surface area (Å²) < 4.78 is 5.44. The molecule has 2 unspecified atom stereocenters. The van der Waals surface area contributed by atoms with E-state index in [1.54, 1.807) is 18.2 Å². The lowest BCUT2D eigenvalue weighted by molar-refractivity contribution is -0.150. The van der Waals surface area contributed by atoms with Crippen molar-refractivity contribution in [3.05, 3.63) is 28.8 Å². The molecule has 3 N–H and O–H groups in total. The largest absolute Gasteiger partial charge is 0.481 e. The summed E-state index contributed by atoms with van der Waals surface area (Å²) in [5.41, 5.74) is 5.90. The van der Waals surface area contributed by atoms with Crippen LogP contribution in [-0.4, -0.2) is 23.8 Å². The number of carbonyl (C=O) groups is 1. The van der Waals surface area contributed by atoms with Crippen molar-refractivity contribution >= 4 is 23.3 Å².